The van der Waals surface area contributed by atoms with Crippen LogP contribution in [0.3, 0.4) is 0 Å². The van der Waals surface area contributed by atoms with Gasteiger partial charge < -0.3 is 11.1 Å². The second-order valence-electron chi connectivity index (χ2n) is 3.95. The molecule has 1 aromatic heterocycles. The lowest BCUT2D eigenvalue weighted by Crippen LogP contribution is -2.04. The third-order valence-electron chi connectivity index (χ3n) is 2.61. The maximum absolute atomic E-state index is 5.88. The average molecular weight is 267 g/mol. The van der Waals surface area contributed by atoms with Gasteiger partial charge in [0.25, 0.3) is 0 Å². The van der Waals surface area contributed by atoms with E-state index in [-0.39, 0.29) is 0 Å². The van der Waals surface area contributed by atoms with Crippen molar-refractivity contribution in [1.29, 1.82) is 0 Å². The molecule has 0 radical (unpaired) electrons. The van der Waals surface area contributed by atoms with Gasteiger partial charge in [-0.3, -0.25) is 0 Å². The van der Waals surface area contributed by atoms with Crippen LogP contribution < -0.4 is 11.1 Å². The predicted molar refractivity (Wildman–Crippen MR) is 77.1 cm³/mol. The third kappa shape index (κ3) is 3.38. The van der Waals surface area contributed by atoms with Crippen molar-refractivity contribution < 1.29 is 0 Å². The fourth-order valence-electron chi connectivity index (χ4n) is 1.57. The summed E-state index contributed by atoms with van der Waals surface area (Å²) in [5, 5.41) is 3.35. The molecule has 1 heterocycles. The number of rotatable bonds is 4. The van der Waals surface area contributed by atoms with E-state index in [0.29, 0.717) is 0 Å². The normalized spacial score (nSPS) is 10.5. The van der Waals surface area contributed by atoms with E-state index in [9.17, 15) is 0 Å². The van der Waals surface area contributed by atoms with Crippen LogP contribution in [0.15, 0.2) is 30.3 Å². The Labute approximate surface area is 110 Å². The number of nitrogens with two attached hydrogens (primary N) is 1. The van der Waals surface area contributed by atoms with Crippen LogP contribution in [-0.2, 0) is 6.42 Å². The molecule has 0 aliphatic carbocycles. The van der Waals surface area contributed by atoms with E-state index in [4.69, 9.17) is 17.3 Å². The van der Waals surface area contributed by atoms with Gasteiger partial charge in [0.1, 0.15) is 0 Å². The minimum absolute atomic E-state index is 0.828. The summed E-state index contributed by atoms with van der Waals surface area (Å²) < 4.78 is 0.847. The molecule has 3 N–H and O–H groups in total. The lowest BCUT2D eigenvalue weighted by molar-refractivity contribution is 1.04. The SMILES string of the molecule is Cc1ccc(NCCc2ccc(Cl)s2)cc1N. The van der Waals surface area contributed by atoms with Crippen LogP contribution in [0, 0.1) is 6.92 Å². The molecule has 4 heteroatoms. The highest BCUT2D eigenvalue weighted by molar-refractivity contribution is 7.16. The Morgan fingerprint density at radius 1 is 1.29 bits per heavy atom. The minimum Gasteiger partial charge on any atom is -0.398 e. The van der Waals surface area contributed by atoms with Crippen LogP contribution in [0.25, 0.3) is 0 Å². The van der Waals surface area contributed by atoms with Crippen LogP contribution in [0.1, 0.15) is 10.4 Å². The van der Waals surface area contributed by atoms with Gasteiger partial charge in [-0.15, -0.1) is 11.3 Å². The van der Waals surface area contributed by atoms with Gasteiger partial charge in [-0.05, 0) is 43.2 Å². The molecule has 1 aromatic carbocycles. The topological polar surface area (TPSA) is 38.0 Å². The van der Waals surface area contributed by atoms with Crippen molar-refractivity contribution in [2.45, 2.75) is 13.3 Å². The molecule has 0 spiro atoms. The number of nitrogen functional groups attached to an aromatic ring is 1. The quantitative estimate of drug-likeness (QED) is 0.823. The van der Waals surface area contributed by atoms with E-state index in [2.05, 4.69) is 11.4 Å². The smallest absolute Gasteiger partial charge is 0.0931 e. The Hall–Kier alpha value is -1.19. The number of halogens is 1. The van der Waals surface area contributed by atoms with Gasteiger partial charge >= 0.3 is 0 Å². The fourth-order valence-corrected chi connectivity index (χ4v) is 2.65. The lowest BCUT2D eigenvalue weighted by atomic mass is 10.2. The zero-order chi connectivity index (χ0) is 12.3. The molecule has 0 bridgehead atoms. The summed E-state index contributed by atoms with van der Waals surface area (Å²) in [6.45, 7) is 2.89. The zero-order valence-corrected chi connectivity index (χ0v) is 11.2. The van der Waals surface area contributed by atoms with E-state index in [1.54, 1.807) is 11.3 Å². The monoisotopic (exact) mass is 266 g/mol. The summed E-state index contributed by atoms with van der Waals surface area (Å²) >= 11 is 7.51. The van der Waals surface area contributed by atoms with Crippen molar-refractivity contribution in [2.24, 2.45) is 0 Å². The van der Waals surface area contributed by atoms with Crippen LogP contribution in [-0.4, -0.2) is 6.54 Å². The summed E-state index contributed by atoms with van der Waals surface area (Å²) in [6, 6.07) is 10.0. The number of anilines is 2. The van der Waals surface area contributed by atoms with E-state index in [1.807, 2.05) is 31.2 Å². The van der Waals surface area contributed by atoms with Crippen LogP contribution in [0.2, 0.25) is 4.34 Å². The molecule has 17 heavy (non-hydrogen) atoms. The maximum atomic E-state index is 5.88. The van der Waals surface area contributed by atoms with Crippen molar-refractivity contribution in [1.82, 2.24) is 0 Å². The molecule has 90 valence electrons. The highest BCUT2D eigenvalue weighted by Crippen LogP contribution is 2.22. The molecule has 0 unspecified atom stereocenters. The van der Waals surface area contributed by atoms with E-state index >= 15 is 0 Å². The van der Waals surface area contributed by atoms with Crippen molar-refractivity contribution >= 4 is 34.3 Å². The zero-order valence-electron chi connectivity index (χ0n) is 9.66. The van der Waals surface area contributed by atoms with Crippen molar-refractivity contribution in [3.05, 3.63) is 45.1 Å². The van der Waals surface area contributed by atoms with Crippen LogP contribution in [0.4, 0.5) is 11.4 Å². The number of nitrogens with one attached hydrogen (secondary N) is 1. The Balaban J connectivity index is 1.87. The van der Waals surface area contributed by atoms with Crippen molar-refractivity contribution in [2.75, 3.05) is 17.6 Å². The summed E-state index contributed by atoms with van der Waals surface area (Å²) in [5.41, 5.74) is 8.86. The van der Waals surface area contributed by atoms with Gasteiger partial charge in [0.2, 0.25) is 0 Å². The average Bonchev–Trinajstić information content (AvgIpc) is 2.70. The van der Waals surface area contributed by atoms with Crippen molar-refractivity contribution in [3.63, 3.8) is 0 Å². The molecule has 2 rings (SSSR count). The van der Waals surface area contributed by atoms with Crippen LogP contribution >= 0.6 is 22.9 Å². The maximum Gasteiger partial charge on any atom is 0.0931 e. The van der Waals surface area contributed by atoms with Gasteiger partial charge in [-0.25, -0.2) is 0 Å². The Bertz CT molecular complexity index is 508. The molecule has 0 fully saturated rings. The van der Waals surface area contributed by atoms with E-state index in [0.717, 1.165) is 34.2 Å². The molecule has 0 saturated carbocycles. The number of benzene rings is 1. The number of hydrogen-bond donors (Lipinski definition) is 2. The molecule has 0 atom stereocenters. The third-order valence-corrected chi connectivity index (χ3v) is 3.90. The van der Waals surface area contributed by atoms with Gasteiger partial charge in [-0.2, -0.15) is 0 Å². The largest absolute Gasteiger partial charge is 0.398 e. The highest BCUT2D eigenvalue weighted by atomic mass is 35.5. The standard InChI is InChI=1S/C13H15ClN2S/c1-9-2-3-10(8-12(9)15)16-7-6-11-4-5-13(14)17-11/h2-5,8,16H,6-7,15H2,1H3. The fraction of sp³-hybridized carbons (Fsp3) is 0.231. The number of aryl methyl sites for hydroxylation is 1. The minimum atomic E-state index is 0.828. The Morgan fingerprint density at radius 2 is 2.12 bits per heavy atom. The first-order valence-corrected chi connectivity index (χ1v) is 6.69. The van der Waals surface area contributed by atoms with Crippen LogP contribution in [0.5, 0.6) is 0 Å². The summed E-state index contributed by atoms with van der Waals surface area (Å²) in [6.07, 6.45) is 0.977. The van der Waals surface area contributed by atoms with E-state index < -0.39 is 0 Å². The number of thiophene rings is 1. The molecule has 0 aliphatic rings. The molecular formula is C13H15ClN2S. The molecule has 2 nitrogen and oxygen atoms in total. The first-order valence-electron chi connectivity index (χ1n) is 5.49. The second kappa shape index (κ2) is 5.43. The molecule has 0 saturated heterocycles. The second-order valence-corrected chi connectivity index (χ2v) is 5.75. The van der Waals surface area contributed by atoms with Crippen molar-refractivity contribution in [3.8, 4) is 0 Å². The van der Waals surface area contributed by atoms with E-state index in [1.165, 1.54) is 4.88 Å². The van der Waals surface area contributed by atoms with Gasteiger partial charge in [-0.1, -0.05) is 17.7 Å². The molecule has 0 aliphatic heterocycles. The van der Waals surface area contributed by atoms with Gasteiger partial charge in [0.15, 0.2) is 0 Å². The summed E-state index contributed by atoms with van der Waals surface area (Å²) in [4.78, 5) is 1.29. The Kier molecular flexibility index (Phi) is 3.92. The first-order chi connectivity index (χ1) is 8.15. The highest BCUT2D eigenvalue weighted by Gasteiger charge is 1.99. The number of hydrogen-bond acceptors (Lipinski definition) is 3. The summed E-state index contributed by atoms with van der Waals surface area (Å²) in [5.74, 6) is 0. The predicted octanol–water partition coefficient (Wildman–Crippen LogP) is 3.95. The molecule has 0 amide bonds. The summed E-state index contributed by atoms with van der Waals surface area (Å²) in [7, 11) is 0. The van der Waals surface area contributed by atoms with Gasteiger partial charge in [0.05, 0.1) is 4.34 Å². The lowest BCUT2D eigenvalue weighted by Gasteiger charge is -2.07. The molecule has 2 aromatic rings. The molecular weight excluding hydrogens is 252 g/mol. The Morgan fingerprint density at radius 3 is 2.76 bits per heavy atom. The van der Waals surface area contributed by atoms with Gasteiger partial charge in [0, 0.05) is 22.8 Å². The first kappa shape index (κ1) is 12.3.